The summed E-state index contributed by atoms with van der Waals surface area (Å²) in [6.45, 7) is 6.40. The molecular weight excluding hydrogens is 240 g/mol. The highest BCUT2D eigenvalue weighted by atomic mass is 16.3. The second-order valence-corrected chi connectivity index (χ2v) is 5.38. The minimum absolute atomic E-state index is 0.00379. The standard InChI is InChI=1S/C15H26N2O2/c1-4-15(5-2,6-3)16-14(19)11-17-9-7-13(12-18)8-10-17/h1,13,18H,5-12H2,2-3H3,(H,16,19). The Morgan fingerprint density at radius 1 is 1.42 bits per heavy atom. The van der Waals surface area contributed by atoms with Crippen molar-refractivity contribution in [3.63, 3.8) is 0 Å². The smallest absolute Gasteiger partial charge is 0.235 e. The van der Waals surface area contributed by atoms with Crippen LogP contribution in [0, 0.1) is 18.3 Å². The first kappa shape index (κ1) is 16.0. The van der Waals surface area contributed by atoms with E-state index in [2.05, 4.69) is 16.1 Å². The summed E-state index contributed by atoms with van der Waals surface area (Å²) in [5.41, 5.74) is -0.499. The van der Waals surface area contributed by atoms with Crippen molar-refractivity contribution < 1.29 is 9.90 Å². The monoisotopic (exact) mass is 266 g/mol. The van der Waals surface area contributed by atoms with E-state index >= 15 is 0 Å². The van der Waals surface area contributed by atoms with Crippen molar-refractivity contribution in [3.8, 4) is 12.3 Å². The Kier molecular flexibility index (Phi) is 6.33. The normalized spacial score (nSPS) is 18.0. The fraction of sp³-hybridized carbons (Fsp3) is 0.800. The van der Waals surface area contributed by atoms with Crippen molar-refractivity contribution in [1.82, 2.24) is 10.2 Å². The zero-order valence-electron chi connectivity index (χ0n) is 12.1. The summed E-state index contributed by atoms with van der Waals surface area (Å²) >= 11 is 0. The van der Waals surface area contributed by atoms with Gasteiger partial charge in [0.25, 0.3) is 0 Å². The van der Waals surface area contributed by atoms with Gasteiger partial charge < -0.3 is 10.4 Å². The number of carbonyl (C=O) groups excluding carboxylic acids is 1. The van der Waals surface area contributed by atoms with Crippen LogP contribution in [0.2, 0.25) is 0 Å². The van der Waals surface area contributed by atoms with E-state index in [4.69, 9.17) is 11.5 Å². The van der Waals surface area contributed by atoms with E-state index in [1.54, 1.807) is 0 Å². The Morgan fingerprint density at radius 2 is 2.00 bits per heavy atom. The molecule has 0 atom stereocenters. The largest absolute Gasteiger partial charge is 0.396 e. The van der Waals surface area contributed by atoms with E-state index in [1.807, 2.05) is 13.8 Å². The van der Waals surface area contributed by atoms with Gasteiger partial charge >= 0.3 is 0 Å². The molecule has 19 heavy (non-hydrogen) atoms. The number of piperidine rings is 1. The molecule has 1 saturated heterocycles. The second kappa shape index (κ2) is 7.52. The van der Waals surface area contributed by atoms with Gasteiger partial charge in [-0.2, -0.15) is 0 Å². The van der Waals surface area contributed by atoms with Crippen molar-refractivity contribution in [1.29, 1.82) is 0 Å². The molecule has 0 aromatic carbocycles. The SMILES string of the molecule is C#CC(CC)(CC)NC(=O)CN1CCC(CO)CC1. The Morgan fingerprint density at radius 3 is 2.42 bits per heavy atom. The minimum Gasteiger partial charge on any atom is -0.396 e. The molecule has 0 aliphatic carbocycles. The first-order chi connectivity index (χ1) is 9.09. The highest BCUT2D eigenvalue weighted by molar-refractivity contribution is 5.79. The Labute approximate surface area is 116 Å². The molecular formula is C15H26N2O2. The van der Waals surface area contributed by atoms with Gasteiger partial charge in [0.1, 0.15) is 5.54 Å². The van der Waals surface area contributed by atoms with Gasteiger partial charge in [0.15, 0.2) is 0 Å². The summed E-state index contributed by atoms with van der Waals surface area (Å²) < 4.78 is 0. The van der Waals surface area contributed by atoms with Gasteiger partial charge in [-0.25, -0.2) is 0 Å². The third-order valence-electron chi connectivity index (χ3n) is 4.19. The van der Waals surface area contributed by atoms with E-state index in [0.29, 0.717) is 12.5 Å². The first-order valence-electron chi connectivity index (χ1n) is 7.21. The van der Waals surface area contributed by atoms with Crippen molar-refractivity contribution in [2.75, 3.05) is 26.2 Å². The fourth-order valence-electron chi connectivity index (χ4n) is 2.50. The van der Waals surface area contributed by atoms with Gasteiger partial charge in [0.2, 0.25) is 5.91 Å². The fourth-order valence-corrected chi connectivity index (χ4v) is 2.50. The predicted molar refractivity (Wildman–Crippen MR) is 76.5 cm³/mol. The molecule has 0 aromatic rings. The van der Waals surface area contributed by atoms with E-state index in [-0.39, 0.29) is 12.5 Å². The number of carbonyl (C=O) groups is 1. The summed E-state index contributed by atoms with van der Waals surface area (Å²) in [4.78, 5) is 14.2. The third kappa shape index (κ3) is 4.52. The van der Waals surface area contributed by atoms with Crippen molar-refractivity contribution in [2.24, 2.45) is 5.92 Å². The molecule has 1 amide bonds. The number of likely N-dealkylation sites (tertiary alicyclic amines) is 1. The quantitative estimate of drug-likeness (QED) is 0.705. The summed E-state index contributed by atoms with van der Waals surface area (Å²) in [6.07, 6.45) is 8.96. The minimum atomic E-state index is -0.499. The number of nitrogens with zero attached hydrogens (tertiary/aromatic N) is 1. The van der Waals surface area contributed by atoms with E-state index in [1.165, 1.54) is 0 Å². The molecule has 108 valence electrons. The van der Waals surface area contributed by atoms with Gasteiger partial charge in [-0.1, -0.05) is 19.8 Å². The number of hydrogen-bond donors (Lipinski definition) is 2. The molecule has 0 unspecified atom stereocenters. The topological polar surface area (TPSA) is 52.6 Å². The summed E-state index contributed by atoms with van der Waals surface area (Å²) in [6, 6.07) is 0. The molecule has 2 N–H and O–H groups in total. The van der Waals surface area contributed by atoms with Gasteiger partial charge in [0.05, 0.1) is 6.54 Å². The molecule has 1 heterocycles. The number of aliphatic hydroxyl groups excluding tert-OH is 1. The molecule has 0 spiro atoms. The Balaban J connectivity index is 2.42. The van der Waals surface area contributed by atoms with Crippen LogP contribution in [0.3, 0.4) is 0 Å². The molecule has 0 aromatic heterocycles. The number of rotatable bonds is 6. The lowest BCUT2D eigenvalue weighted by Crippen LogP contribution is -2.51. The molecule has 1 fully saturated rings. The summed E-state index contributed by atoms with van der Waals surface area (Å²) in [5.74, 6) is 3.12. The Bertz CT molecular complexity index is 324. The molecule has 4 nitrogen and oxygen atoms in total. The summed E-state index contributed by atoms with van der Waals surface area (Å²) in [7, 11) is 0. The van der Waals surface area contributed by atoms with Crippen LogP contribution in [-0.4, -0.2) is 47.7 Å². The molecule has 0 radical (unpaired) electrons. The average Bonchev–Trinajstić information content (AvgIpc) is 2.46. The lowest BCUT2D eigenvalue weighted by molar-refractivity contribution is -0.124. The van der Waals surface area contributed by atoms with Crippen molar-refractivity contribution in [2.45, 2.75) is 45.1 Å². The lowest BCUT2D eigenvalue weighted by Gasteiger charge is -2.32. The van der Waals surface area contributed by atoms with E-state index in [0.717, 1.165) is 38.8 Å². The van der Waals surface area contributed by atoms with Gasteiger partial charge in [-0.05, 0) is 44.7 Å². The van der Waals surface area contributed by atoms with Gasteiger partial charge in [0, 0.05) is 6.61 Å². The van der Waals surface area contributed by atoms with Crippen LogP contribution in [0.25, 0.3) is 0 Å². The number of amides is 1. The number of aliphatic hydroxyl groups is 1. The highest BCUT2D eigenvalue weighted by Crippen LogP contribution is 2.17. The summed E-state index contributed by atoms with van der Waals surface area (Å²) in [5, 5.41) is 12.1. The molecule has 1 aliphatic heterocycles. The first-order valence-corrected chi connectivity index (χ1v) is 7.21. The van der Waals surface area contributed by atoms with E-state index < -0.39 is 5.54 Å². The van der Waals surface area contributed by atoms with Crippen LogP contribution in [0.15, 0.2) is 0 Å². The zero-order valence-corrected chi connectivity index (χ0v) is 12.1. The number of terminal acetylenes is 1. The molecule has 4 heteroatoms. The maximum atomic E-state index is 12.1. The molecule has 0 bridgehead atoms. The van der Waals surface area contributed by atoms with Crippen LogP contribution in [0.4, 0.5) is 0 Å². The van der Waals surface area contributed by atoms with Crippen LogP contribution in [0.1, 0.15) is 39.5 Å². The Hall–Kier alpha value is -1.05. The van der Waals surface area contributed by atoms with Crippen LogP contribution in [0.5, 0.6) is 0 Å². The van der Waals surface area contributed by atoms with Gasteiger partial charge in [-0.15, -0.1) is 6.42 Å². The van der Waals surface area contributed by atoms with E-state index in [9.17, 15) is 4.79 Å². The maximum Gasteiger partial charge on any atom is 0.235 e. The molecule has 1 aliphatic rings. The average molecular weight is 266 g/mol. The maximum absolute atomic E-state index is 12.1. The molecule has 1 rings (SSSR count). The van der Waals surface area contributed by atoms with Crippen LogP contribution < -0.4 is 5.32 Å². The third-order valence-corrected chi connectivity index (χ3v) is 4.19. The van der Waals surface area contributed by atoms with Gasteiger partial charge in [-0.3, -0.25) is 9.69 Å². The van der Waals surface area contributed by atoms with Crippen molar-refractivity contribution in [3.05, 3.63) is 0 Å². The predicted octanol–water partition coefficient (Wildman–Crippen LogP) is 0.999. The van der Waals surface area contributed by atoms with Crippen molar-refractivity contribution >= 4 is 5.91 Å². The zero-order chi connectivity index (χ0) is 14.3. The second-order valence-electron chi connectivity index (χ2n) is 5.38. The lowest BCUT2D eigenvalue weighted by atomic mass is 9.93. The number of nitrogens with one attached hydrogen (secondary N) is 1. The van der Waals surface area contributed by atoms with Crippen LogP contribution >= 0.6 is 0 Å². The molecule has 0 saturated carbocycles. The highest BCUT2D eigenvalue weighted by Gasteiger charge is 2.27. The van der Waals surface area contributed by atoms with Crippen LogP contribution in [-0.2, 0) is 4.79 Å². The number of hydrogen-bond acceptors (Lipinski definition) is 3.